The highest BCUT2D eigenvalue weighted by molar-refractivity contribution is 6.31. The van der Waals surface area contributed by atoms with E-state index < -0.39 is 0 Å². The molecular formula is C20H14O2. The number of carbonyl (C=O) groups excluding carboxylic acids is 2. The van der Waals surface area contributed by atoms with E-state index in [0.29, 0.717) is 16.7 Å². The minimum atomic E-state index is -0.249. The minimum Gasteiger partial charge on any atom is -0.288 e. The van der Waals surface area contributed by atoms with Gasteiger partial charge in [0.15, 0.2) is 11.6 Å². The van der Waals surface area contributed by atoms with Crippen molar-refractivity contribution in [3.05, 3.63) is 107 Å². The Morgan fingerprint density at radius 3 is 1.41 bits per heavy atom. The van der Waals surface area contributed by atoms with Gasteiger partial charge in [-0.15, -0.1) is 0 Å². The number of hydrogen-bond donors (Lipinski definition) is 0. The van der Waals surface area contributed by atoms with Crippen LogP contribution in [0.25, 0.3) is 0 Å². The number of allylic oxidation sites excluding steroid dienone is 6. The molecule has 0 aliphatic heterocycles. The highest BCUT2D eigenvalue weighted by Gasteiger charge is 2.24. The van der Waals surface area contributed by atoms with Crippen molar-refractivity contribution in [1.29, 1.82) is 0 Å². The lowest BCUT2D eigenvalue weighted by atomic mass is 9.92. The highest BCUT2D eigenvalue weighted by Crippen LogP contribution is 2.22. The molecular weight excluding hydrogens is 272 g/mol. The summed E-state index contributed by atoms with van der Waals surface area (Å²) in [6.45, 7) is 0. The Balaban J connectivity index is 2.09. The first-order chi connectivity index (χ1) is 10.8. The molecule has 106 valence electrons. The molecule has 3 rings (SSSR count). The van der Waals surface area contributed by atoms with Crippen LogP contribution in [0.15, 0.2) is 96.1 Å². The van der Waals surface area contributed by atoms with Crippen LogP contribution < -0.4 is 0 Å². The molecule has 0 N–H and O–H groups in total. The van der Waals surface area contributed by atoms with Crippen LogP contribution >= 0.6 is 0 Å². The van der Waals surface area contributed by atoms with E-state index in [4.69, 9.17) is 0 Å². The molecule has 0 saturated carbocycles. The van der Waals surface area contributed by atoms with Crippen molar-refractivity contribution < 1.29 is 9.59 Å². The molecule has 2 aromatic rings. The van der Waals surface area contributed by atoms with Gasteiger partial charge in [0, 0.05) is 11.1 Å². The topological polar surface area (TPSA) is 34.1 Å². The van der Waals surface area contributed by atoms with Gasteiger partial charge in [-0.05, 0) is 5.57 Å². The van der Waals surface area contributed by atoms with Gasteiger partial charge in [0.2, 0.25) is 0 Å². The molecule has 2 heteroatoms. The first-order valence-electron chi connectivity index (χ1n) is 7.06. The van der Waals surface area contributed by atoms with Gasteiger partial charge in [0.05, 0.1) is 5.57 Å². The molecule has 0 radical (unpaired) electrons. The van der Waals surface area contributed by atoms with Gasteiger partial charge >= 0.3 is 0 Å². The van der Waals surface area contributed by atoms with Crippen molar-refractivity contribution in [2.75, 3.05) is 0 Å². The van der Waals surface area contributed by atoms with Gasteiger partial charge in [-0.2, -0.15) is 0 Å². The predicted octanol–water partition coefficient (Wildman–Crippen LogP) is 4.17. The number of carbonyl (C=O) groups is 2. The van der Waals surface area contributed by atoms with Crippen molar-refractivity contribution in [3.63, 3.8) is 0 Å². The molecule has 2 nitrogen and oxygen atoms in total. The predicted molar refractivity (Wildman–Crippen MR) is 86.9 cm³/mol. The number of Topliss-reactive ketones (excluding diaryl/α,β-unsaturated/α-hetero) is 2. The van der Waals surface area contributed by atoms with Crippen LogP contribution in [0.1, 0.15) is 20.7 Å². The zero-order valence-corrected chi connectivity index (χ0v) is 11.9. The monoisotopic (exact) mass is 286 g/mol. The highest BCUT2D eigenvalue weighted by atomic mass is 16.1. The van der Waals surface area contributed by atoms with Crippen molar-refractivity contribution >= 4 is 11.6 Å². The number of ketones is 2. The van der Waals surface area contributed by atoms with Crippen LogP contribution in [-0.2, 0) is 0 Å². The lowest BCUT2D eigenvalue weighted by Crippen LogP contribution is -2.15. The SMILES string of the molecule is O=C(C(C(=O)c1ccccc1)=C1C=CC=C1)c1ccccc1. The average Bonchev–Trinajstić information content (AvgIpc) is 3.10. The summed E-state index contributed by atoms with van der Waals surface area (Å²) in [6.07, 6.45) is 7.23. The summed E-state index contributed by atoms with van der Waals surface area (Å²) in [5.74, 6) is -0.499. The van der Waals surface area contributed by atoms with Crippen LogP contribution in [0.2, 0.25) is 0 Å². The maximum absolute atomic E-state index is 12.8. The molecule has 0 saturated heterocycles. The Labute approximate surface area is 129 Å². The first kappa shape index (κ1) is 14.0. The molecule has 0 amide bonds. The third-order valence-corrected chi connectivity index (χ3v) is 3.48. The van der Waals surface area contributed by atoms with Crippen LogP contribution in [0.3, 0.4) is 0 Å². The molecule has 2 aromatic carbocycles. The van der Waals surface area contributed by atoms with Crippen molar-refractivity contribution in [1.82, 2.24) is 0 Å². The number of rotatable bonds is 4. The van der Waals surface area contributed by atoms with Crippen molar-refractivity contribution in [3.8, 4) is 0 Å². The Morgan fingerprint density at radius 1 is 0.591 bits per heavy atom. The summed E-state index contributed by atoms with van der Waals surface area (Å²) >= 11 is 0. The lowest BCUT2D eigenvalue weighted by Gasteiger charge is -2.08. The molecule has 0 aromatic heterocycles. The minimum absolute atomic E-state index is 0.211. The zero-order chi connectivity index (χ0) is 15.4. The van der Waals surface area contributed by atoms with Gasteiger partial charge in [-0.25, -0.2) is 0 Å². The second-order valence-electron chi connectivity index (χ2n) is 4.94. The number of benzene rings is 2. The molecule has 22 heavy (non-hydrogen) atoms. The van der Waals surface area contributed by atoms with E-state index in [1.165, 1.54) is 0 Å². The van der Waals surface area contributed by atoms with E-state index in [9.17, 15) is 9.59 Å². The molecule has 0 spiro atoms. The summed E-state index contributed by atoms with van der Waals surface area (Å²) < 4.78 is 0. The molecule has 1 aliphatic rings. The maximum atomic E-state index is 12.8. The Kier molecular flexibility index (Phi) is 3.92. The largest absolute Gasteiger partial charge is 0.288 e. The fourth-order valence-corrected chi connectivity index (χ4v) is 2.37. The summed E-state index contributed by atoms with van der Waals surface area (Å²) in [6, 6.07) is 17.8. The van der Waals surface area contributed by atoms with Gasteiger partial charge in [-0.3, -0.25) is 9.59 Å². The first-order valence-corrected chi connectivity index (χ1v) is 7.06. The zero-order valence-electron chi connectivity index (χ0n) is 11.9. The van der Waals surface area contributed by atoms with Gasteiger partial charge in [-0.1, -0.05) is 85.0 Å². The molecule has 0 bridgehead atoms. The standard InChI is InChI=1S/C20H14O2/c21-19(16-11-3-1-4-12-16)18(15-9-7-8-10-15)20(22)17-13-5-2-6-14-17/h1-14H. The number of hydrogen-bond acceptors (Lipinski definition) is 2. The van der Waals surface area contributed by atoms with Gasteiger partial charge in [0.1, 0.15) is 0 Å². The summed E-state index contributed by atoms with van der Waals surface area (Å²) in [5.41, 5.74) is 1.90. The maximum Gasteiger partial charge on any atom is 0.197 e. The molecule has 0 unspecified atom stereocenters. The Bertz CT molecular complexity index is 727. The van der Waals surface area contributed by atoms with E-state index in [-0.39, 0.29) is 17.1 Å². The van der Waals surface area contributed by atoms with E-state index in [1.54, 1.807) is 60.7 Å². The summed E-state index contributed by atoms with van der Waals surface area (Å²) in [7, 11) is 0. The van der Waals surface area contributed by atoms with Crippen LogP contribution in [0.4, 0.5) is 0 Å². The third kappa shape index (κ3) is 2.72. The van der Waals surface area contributed by atoms with Crippen LogP contribution in [-0.4, -0.2) is 11.6 Å². The molecule has 0 atom stereocenters. The van der Waals surface area contributed by atoms with Gasteiger partial charge in [0.25, 0.3) is 0 Å². The third-order valence-electron chi connectivity index (χ3n) is 3.48. The van der Waals surface area contributed by atoms with Crippen LogP contribution in [0, 0.1) is 0 Å². The normalized spacial score (nSPS) is 12.5. The van der Waals surface area contributed by atoms with Crippen molar-refractivity contribution in [2.24, 2.45) is 0 Å². The van der Waals surface area contributed by atoms with Crippen LogP contribution in [0.5, 0.6) is 0 Å². The lowest BCUT2D eigenvalue weighted by molar-refractivity contribution is 0.0961. The average molecular weight is 286 g/mol. The fraction of sp³-hybridized carbons (Fsp3) is 0. The smallest absolute Gasteiger partial charge is 0.197 e. The molecule has 1 aliphatic carbocycles. The van der Waals surface area contributed by atoms with Gasteiger partial charge < -0.3 is 0 Å². The fourth-order valence-electron chi connectivity index (χ4n) is 2.37. The Hall–Kier alpha value is -3.00. The van der Waals surface area contributed by atoms with E-state index in [0.717, 1.165) is 0 Å². The Morgan fingerprint density at radius 2 is 1.00 bits per heavy atom. The quantitative estimate of drug-likeness (QED) is 0.366. The van der Waals surface area contributed by atoms with E-state index >= 15 is 0 Å². The summed E-state index contributed by atoms with van der Waals surface area (Å²) in [4.78, 5) is 25.6. The van der Waals surface area contributed by atoms with E-state index in [1.807, 2.05) is 24.3 Å². The van der Waals surface area contributed by atoms with E-state index in [2.05, 4.69) is 0 Å². The second kappa shape index (κ2) is 6.19. The second-order valence-corrected chi connectivity index (χ2v) is 4.94. The molecule has 0 fully saturated rings. The molecule has 0 heterocycles. The van der Waals surface area contributed by atoms with Crippen molar-refractivity contribution in [2.45, 2.75) is 0 Å². The summed E-state index contributed by atoms with van der Waals surface area (Å²) in [5, 5.41) is 0.